The number of hydrogen-bond acceptors (Lipinski definition) is 3. The van der Waals surface area contributed by atoms with Crippen molar-refractivity contribution in [2.75, 3.05) is 33.2 Å². The molecule has 4 nitrogen and oxygen atoms in total. The van der Waals surface area contributed by atoms with Crippen molar-refractivity contribution in [1.29, 1.82) is 0 Å². The lowest BCUT2D eigenvalue weighted by Crippen LogP contribution is -2.42. The van der Waals surface area contributed by atoms with Crippen molar-refractivity contribution in [2.45, 2.75) is 31.7 Å². The minimum Gasteiger partial charge on any atom is -0.354 e. The van der Waals surface area contributed by atoms with Crippen LogP contribution in [0.2, 0.25) is 5.02 Å². The second kappa shape index (κ2) is 7.20. The molecule has 2 aliphatic rings. The Morgan fingerprint density at radius 3 is 2.96 bits per heavy atom. The Morgan fingerprint density at radius 2 is 2.22 bits per heavy atom. The van der Waals surface area contributed by atoms with Gasteiger partial charge in [0.15, 0.2) is 0 Å². The van der Waals surface area contributed by atoms with Gasteiger partial charge in [0.2, 0.25) is 5.91 Å². The Labute approximate surface area is 143 Å². The Balaban J connectivity index is 1.50. The maximum atomic E-state index is 12.5. The molecule has 5 heteroatoms. The number of amides is 1. The zero-order valence-corrected chi connectivity index (χ0v) is 14.5. The summed E-state index contributed by atoms with van der Waals surface area (Å²) in [6.07, 6.45) is 4.18. The molecule has 1 unspecified atom stereocenters. The summed E-state index contributed by atoms with van der Waals surface area (Å²) in [5, 5.41) is 7.27. The molecule has 2 aliphatic heterocycles. The topological polar surface area (TPSA) is 44.4 Å². The molecule has 126 valence electrons. The van der Waals surface area contributed by atoms with Gasteiger partial charge in [-0.25, -0.2) is 0 Å². The molecule has 1 atom stereocenters. The maximum Gasteiger partial charge on any atom is 0.237 e. The first kappa shape index (κ1) is 16.7. The summed E-state index contributed by atoms with van der Waals surface area (Å²) in [6, 6.07) is 7.84. The zero-order chi connectivity index (χ0) is 16.3. The van der Waals surface area contributed by atoms with Crippen LogP contribution in [0.5, 0.6) is 0 Å². The second-order valence-electron chi connectivity index (χ2n) is 7.06. The summed E-state index contributed by atoms with van der Waals surface area (Å²) in [5.41, 5.74) is 1.50. The smallest absolute Gasteiger partial charge is 0.237 e. The number of carbonyl (C=O) groups excluding carboxylic acids is 1. The van der Waals surface area contributed by atoms with E-state index in [1.54, 1.807) is 0 Å². The van der Waals surface area contributed by atoms with Gasteiger partial charge in [-0.1, -0.05) is 23.7 Å². The fraction of sp³-hybridized carbons (Fsp3) is 0.611. The molecular formula is C18H26ClN3O. The molecule has 23 heavy (non-hydrogen) atoms. The summed E-state index contributed by atoms with van der Waals surface area (Å²) >= 11 is 5.99. The standard InChI is InChI=1S/C18H26ClN3O/c1-22-13-18(6-9-20-10-7-18)12-16(22)17(23)21-8-5-14-3-2-4-15(19)11-14/h2-4,11,16,20H,5-10,12-13H2,1H3,(H,21,23). The molecular weight excluding hydrogens is 310 g/mol. The molecule has 3 rings (SSSR count). The number of piperidine rings is 1. The third kappa shape index (κ3) is 4.06. The van der Waals surface area contributed by atoms with E-state index in [1.165, 1.54) is 12.8 Å². The van der Waals surface area contributed by atoms with Crippen molar-refractivity contribution in [3.8, 4) is 0 Å². The Morgan fingerprint density at radius 1 is 1.43 bits per heavy atom. The van der Waals surface area contributed by atoms with Crippen LogP contribution in [0, 0.1) is 5.41 Å². The number of halogens is 1. The van der Waals surface area contributed by atoms with E-state index in [0.29, 0.717) is 12.0 Å². The number of benzene rings is 1. The first-order chi connectivity index (χ1) is 11.1. The summed E-state index contributed by atoms with van der Waals surface area (Å²) in [6.45, 7) is 3.87. The highest BCUT2D eigenvalue weighted by molar-refractivity contribution is 6.30. The van der Waals surface area contributed by atoms with E-state index >= 15 is 0 Å². The highest BCUT2D eigenvalue weighted by Gasteiger charge is 2.45. The van der Waals surface area contributed by atoms with E-state index in [2.05, 4.69) is 22.6 Å². The number of likely N-dealkylation sites (N-methyl/N-ethyl adjacent to an activating group) is 1. The molecule has 0 saturated carbocycles. The van der Waals surface area contributed by atoms with Gasteiger partial charge in [-0.2, -0.15) is 0 Å². The Bertz CT molecular complexity index is 557. The van der Waals surface area contributed by atoms with Crippen LogP contribution in [0.3, 0.4) is 0 Å². The number of carbonyl (C=O) groups is 1. The summed E-state index contributed by atoms with van der Waals surface area (Å²) in [5.74, 6) is 0.171. The van der Waals surface area contributed by atoms with Crippen LogP contribution in [0.15, 0.2) is 24.3 Å². The predicted molar refractivity (Wildman–Crippen MR) is 93.7 cm³/mol. The summed E-state index contributed by atoms with van der Waals surface area (Å²) < 4.78 is 0. The molecule has 2 fully saturated rings. The van der Waals surface area contributed by atoms with Gasteiger partial charge in [-0.05, 0) is 68.9 Å². The van der Waals surface area contributed by atoms with Gasteiger partial charge in [0.05, 0.1) is 6.04 Å². The SMILES string of the molecule is CN1CC2(CCNCC2)CC1C(=O)NCCc1cccc(Cl)c1. The largest absolute Gasteiger partial charge is 0.354 e. The van der Waals surface area contributed by atoms with Gasteiger partial charge in [-0.3, -0.25) is 9.69 Å². The highest BCUT2D eigenvalue weighted by atomic mass is 35.5. The van der Waals surface area contributed by atoms with E-state index in [1.807, 2.05) is 24.3 Å². The number of hydrogen-bond donors (Lipinski definition) is 2. The third-order valence-corrected chi connectivity index (χ3v) is 5.55. The highest BCUT2D eigenvalue weighted by Crippen LogP contribution is 2.41. The number of rotatable bonds is 4. The monoisotopic (exact) mass is 335 g/mol. The van der Waals surface area contributed by atoms with E-state index in [-0.39, 0.29) is 11.9 Å². The molecule has 1 aromatic carbocycles. The van der Waals surface area contributed by atoms with Gasteiger partial charge in [0.1, 0.15) is 0 Å². The van der Waals surface area contributed by atoms with Crippen molar-refractivity contribution in [1.82, 2.24) is 15.5 Å². The van der Waals surface area contributed by atoms with Crippen LogP contribution >= 0.6 is 11.6 Å². The number of nitrogens with one attached hydrogen (secondary N) is 2. The van der Waals surface area contributed by atoms with Crippen LogP contribution in [0.1, 0.15) is 24.8 Å². The van der Waals surface area contributed by atoms with Gasteiger partial charge in [0.25, 0.3) is 0 Å². The minimum atomic E-state index is 0.0208. The van der Waals surface area contributed by atoms with Crippen molar-refractivity contribution >= 4 is 17.5 Å². The molecule has 1 spiro atoms. The molecule has 2 N–H and O–H groups in total. The molecule has 0 radical (unpaired) electrons. The zero-order valence-electron chi connectivity index (χ0n) is 13.8. The molecule has 1 amide bonds. The molecule has 1 aromatic rings. The maximum absolute atomic E-state index is 12.5. The van der Waals surface area contributed by atoms with E-state index in [4.69, 9.17) is 11.6 Å². The normalized spacial score (nSPS) is 24.0. The van der Waals surface area contributed by atoms with Gasteiger partial charge < -0.3 is 10.6 Å². The quantitative estimate of drug-likeness (QED) is 0.885. The molecule has 0 aliphatic carbocycles. The van der Waals surface area contributed by atoms with Crippen LogP contribution in [0.4, 0.5) is 0 Å². The third-order valence-electron chi connectivity index (χ3n) is 5.31. The molecule has 2 saturated heterocycles. The minimum absolute atomic E-state index is 0.0208. The Kier molecular flexibility index (Phi) is 5.24. The van der Waals surface area contributed by atoms with E-state index in [9.17, 15) is 4.79 Å². The van der Waals surface area contributed by atoms with Crippen LogP contribution in [-0.4, -0.2) is 50.1 Å². The van der Waals surface area contributed by atoms with E-state index in [0.717, 1.165) is 43.1 Å². The number of likely N-dealkylation sites (tertiary alicyclic amines) is 1. The van der Waals surface area contributed by atoms with Gasteiger partial charge in [-0.15, -0.1) is 0 Å². The first-order valence-corrected chi connectivity index (χ1v) is 8.89. The van der Waals surface area contributed by atoms with Crippen LogP contribution in [-0.2, 0) is 11.2 Å². The van der Waals surface area contributed by atoms with Crippen molar-refractivity contribution in [3.63, 3.8) is 0 Å². The summed E-state index contributed by atoms with van der Waals surface area (Å²) in [4.78, 5) is 14.8. The molecule has 0 aromatic heterocycles. The molecule has 2 heterocycles. The van der Waals surface area contributed by atoms with Crippen LogP contribution in [0.25, 0.3) is 0 Å². The summed E-state index contributed by atoms with van der Waals surface area (Å²) in [7, 11) is 2.08. The van der Waals surface area contributed by atoms with Gasteiger partial charge in [0, 0.05) is 18.1 Å². The van der Waals surface area contributed by atoms with Crippen molar-refractivity contribution in [3.05, 3.63) is 34.9 Å². The second-order valence-corrected chi connectivity index (χ2v) is 7.49. The number of nitrogens with zero attached hydrogens (tertiary/aromatic N) is 1. The lowest BCUT2D eigenvalue weighted by molar-refractivity contribution is -0.125. The fourth-order valence-corrected chi connectivity index (χ4v) is 4.24. The van der Waals surface area contributed by atoms with E-state index < -0.39 is 0 Å². The lowest BCUT2D eigenvalue weighted by atomic mass is 9.77. The average Bonchev–Trinajstić information content (AvgIpc) is 2.84. The lowest BCUT2D eigenvalue weighted by Gasteiger charge is -2.33. The van der Waals surface area contributed by atoms with Crippen molar-refractivity contribution in [2.24, 2.45) is 5.41 Å². The van der Waals surface area contributed by atoms with Crippen molar-refractivity contribution < 1.29 is 4.79 Å². The Hall–Kier alpha value is -1.10. The predicted octanol–water partition coefficient (Wildman–Crippen LogP) is 2.07. The van der Waals surface area contributed by atoms with Gasteiger partial charge >= 0.3 is 0 Å². The first-order valence-electron chi connectivity index (χ1n) is 8.51. The fourth-order valence-electron chi connectivity index (χ4n) is 4.02. The van der Waals surface area contributed by atoms with Crippen LogP contribution < -0.4 is 10.6 Å². The molecule has 0 bridgehead atoms. The average molecular weight is 336 g/mol.